The van der Waals surface area contributed by atoms with E-state index >= 15 is 0 Å². The van der Waals surface area contributed by atoms with Crippen LogP contribution in [0.1, 0.15) is 0 Å². The second-order valence-electron chi connectivity index (χ2n) is 2.06. The van der Waals surface area contributed by atoms with Crippen molar-refractivity contribution in [3.05, 3.63) is 28.1 Å². The zero-order valence-corrected chi connectivity index (χ0v) is 7.29. The summed E-state index contributed by atoms with van der Waals surface area (Å²) in [5.41, 5.74) is 0.965. The maximum absolute atomic E-state index is 4.14. The quantitative estimate of drug-likeness (QED) is 0.707. The molecule has 0 radical (unpaired) electrons. The van der Waals surface area contributed by atoms with Crippen LogP contribution >= 0.6 is 22.6 Å². The van der Waals surface area contributed by atoms with Gasteiger partial charge in [0.05, 0.1) is 3.70 Å². The van der Waals surface area contributed by atoms with Crippen LogP contribution in [0.3, 0.4) is 0 Å². The van der Waals surface area contributed by atoms with Crippen LogP contribution in [0.5, 0.6) is 0 Å². The molecule has 2 heterocycles. The molecule has 0 saturated carbocycles. The molecule has 10 heavy (non-hydrogen) atoms. The Balaban J connectivity index is 2.88. The van der Waals surface area contributed by atoms with Crippen molar-refractivity contribution in [2.24, 2.45) is 0 Å². The molecule has 1 N–H and O–H groups in total. The van der Waals surface area contributed by atoms with Gasteiger partial charge < -0.3 is 4.98 Å². The van der Waals surface area contributed by atoms with Crippen molar-refractivity contribution in [1.29, 1.82) is 0 Å². The van der Waals surface area contributed by atoms with Gasteiger partial charge in [-0.05, 0) is 40.8 Å². The lowest BCUT2D eigenvalue weighted by Gasteiger charge is -1.82. The van der Waals surface area contributed by atoms with E-state index < -0.39 is 0 Å². The van der Waals surface area contributed by atoms with Crippen molar-refractivity contribution in [3.8, 4) is 0 Å². The Bertz CT molecular complexity index is 320. The number of fused-ring (bicyclic) bond motifs is 1. The Hall–Kier alpha value is -0.580. The summed E-state index contributed by atoms with van der Waals surface area (Å²) in [6.45, 7) is 0. The Morgan fingerprint density at radius 2 is 2.40 bits per heavy atom. The Morgan fingerprint density at radius 1 is 1.50 bits per heavy atom. The zero-order valence-electron chi connectivity index (χ0n) is 5.13. The number of halogens is 1. The molecule has 0 amide bonds. The fraction of sp³-hybridized carbons (Fsp3) is 0. The van der Waals surface area contributed by atoms with Gasteiger partial charge >= 0.3 is 0 Å². The van der Waals surface area contributed by atoms with Crippen LogP contribution in [0.25, 0.3) is 11.0 Å². The van der Waals surface area contributed by atoms with Crippen molar-refractivity contribution in [2.75, 3.05) is 0 Å². The van der Waals surface area contributed by atoms with Crippen LogP contribution in [-0.2, 0) is 0 Å². The first-order valence-electron chi connectivity index (χ1n) is 2.95. The van der Waals surface area contributed by atoms with Crippen molar-refractivity contribution in [3.63, 3.8) is 0 Å². The minimum Gasteiger partial charge on any atom is -0.335 e. The van der Waals surface area contributed by atoms with Gasteiger partial charge in [0.1, 0.15) is 5.65 Å². The fourth-order valence-electron chi connectivity index (χ4n) is 0.924. The number of aromatic nitrogens is 2. The number of hydrogen-bond acceptors (Lipinski definition) is 1. The predicted molar refractivity (Wildman–Crippen MR) is 48.8 cm³/mol. The molecule has 0 spiro atoms. The number of nitrogens with zero attached hydrogens (tertiary/aromatic N) is 1. The molecule has 3 heteroatoms. The van der Waals surface area contributed by atoms with E-state index in [-0.39, 0.29) is 0 Å². The van der Waals surface area contributed by atoms with Gasteiger partial charge in [0.25, 0.3) is 0 Å². The summed E-state index contributed by atoms with van der Waals surface area (Å²) in [4.78, 5) is 7.28. The third-order valence-electron chi connectivity index (χ3n) is 1.36. The van der Waals surface area contributed by atoms with Gasteiger partial charge in [-0.1, -0.05) is 0 Å². The molecule has 0 aromatic carbocycles. The molecule has 50 valence electrons. The molecule has 0 aliphatic rings. The van der Waals surface area contributed by atoms with Crippen LogP contribution in [0, 0.1) is 3.70 Å². The Morgan fingerprint density at radius 3 is 3.20 bits per heavy atom. The number of pyridine rings is 1. The van der Waals surface area contributed by atoms with Gasteiger partial charge in [-0.25, -0.2) is 4.98 Å². The summed E-state index contributed by atoms with van der Waals surface area (Å²) in [6, 6.07) is 6.05. The normalized spacial score (nSPS) is 10.5. The highest BCUT2D eigenvalue weighted by Crippen LogP contribution is 2.12. The number of rotatable bonds is 0. The largest absolute Gasteiger partial charge is 0.335 e. The maximum atomic E-state index is 4.14. The number of nitrogens with one attached hydrogen (secondary N) is 1. The van der Waals surface area contributed by atoms with E-state index in [4.69, 9.17) is 0 Å². The number of aromatic amines is 1. The lowest BCUT2D eigenvalue weighted by molar-refractivity contribution is 1.30. The maximum Gasteiger partial charge on any atom is 0.138 e. The first kappa shape index (κ1) is 6.15. The van der Waals surface area contributed by atoms with Crippen molar-refractivity contribution in [2.45, 2.75) is 0 Å². The first-order valence-corrected chi connectivity index (χ1v) is 4.03. The third kappa shape index (κ3) is 0.901. The molecule has 0 atom stereocenters. The topological polar surface area (TPSA) is 28.7 Å². The van der Waals surface area contributed by atoms with E-state index in [0.29, 0.717) is 0 Å². The fourth-order valence-corrected chi connectivity index (χ4v) is 1.52. The second kappa shape index (κ2) is 2.23. The van der Waals surface area contributed by atoms with E-state index in [9.17, 15) is 0 Å². The summed E-state index contributed by atoms with van der Waals surface area (Å²) < 4.78 is 1.13. The van der Waals surface area contributed by atoms with E-state index in [1.807, 2.05) is 12.1 Å². The van der Waals surface area contributed by atoms with Crippen LogP contribution in [0.15, 0.2) is 24.4 Å². The van der Waals surface area contributed by atoms with Crippen molar-refractivity contribution in [1.82, 2.24) is 9.97 Å². The van der Waals surface area contributed by atoms with Crippen LogP contribution < -0.4 is 0 Å². The lowest BCUT2D eigenvalue weighted by Crippen LogP contribution is -1.71. The zero-order chi connectivity index (χ0) is 6.97. The molecule has 0 fully saturated rings. The molecule has 0 aliphatic carbocycles. The summed E-state index contributed by atoms with van der Waals surface area (Å²) in [6.07, 6.45) is 1.79. The van der Waals surface area contributed by atoms with Crippen molar-refractivity contribution >= 4 is 33.6 Å². The molecular weight excluding hydrogens is 239 g/mol. The van der Waals surface area contributed by atoms with Gasteiger partial charge in [-0.15, -0.1) is 0 Å². The molecule has 0 unspecified atom stereocenters. The number of H-pyrrole nitrogens is 1. The summed E-state index contributed by atoms with van der Waals surface area (Å²) in [5.74, 6) is 0. The average Bonchev–Trinajstić information content (AvgIpc) is 2.27. The van der Waals surface area contributed by atoms with Gasteiger partial charge in [0.15, 0.2) is 0 Å². The van der Waals surface area contributed by atoms with Gasteiger partial charge in [0.2, 0.25) is 0 Å². The monoisotopic (exact) mass is 244 g/mol. The SMILES string of the molecule is Ic1cc2cccnc2[nH]1. The average molecular weight is 244 g/mol. The van der Waals surface area contributed by atoms with Crippen LogP contribution in [-0.4, -0.2) is 9.97 Å². The van der Waals surface area contributed by atoms with E-state index in [1.54, 1.807) is 6.20 Å². The van der Waals surface area contributed by atoms with Gasteiger partial charge in [-0.2, -0.15) is 0 Å². The summed E-state index contributed by atoms with van der Waals surface area (Å²) in [7, 11) is 0. The van der Waals surface area contributed by atoms with Crippen LogP contribution in [0.2, 0.25) is 0 Å². The third-order valence-corrected chi connectivity index (χ3v) is 1.94. The Labute approximate surface area is 71.8 Å². The highest BCUT2D eigenvalue weighted by Gasteiger charge is 1.94. The minimum atomic E-state index is 0.965. The molecule has 2 aromatic rings. The minimum absolute atomic E-state index is 0.965. The molecule has 2 nitrogen and oxygen atoms in total. The van der Waals surface area contributed by atoms with E-state index in [0.717, 1.165) is 9.35 Å². The van der Waals surface area contributed by atoms with E-state index in [2.05, 4.69) is 38.6 Å². The molecule has 2 rings (SSSR count). The van der Waals surface area contributed by atoms with Gasteiger partial charge in [-0.3, -0.25) is 0 Å². The molecule has 0 saturated heterocycles. The number of hydrogen-bond donors (Lipinski definition) is 1. The standard InChI is InChI=1S/C7H5IN2/c8-6-4-5-2-1-3-9-7(5)10-6/h1-4H,(H,9,10). The summed E-state index contributed by atoms with van der Waals surface area (Å²) in [5, 5.41) is 1.17. The van der Waals surface area contributed by atoms with E-state index in [1.165, 1.54) is 5.39 Å². The smallest absolute Gasteiger partial charge is 0.138 e. The molecular formula is C7H5IN2. The lowest BCUT2D eigenvalue weighted by atomic mass is 10.3. The molecule has 0 aliphatic heterocycles. The van der Waals surface area contributed by atoms with Crippen molar-refractivity contribution < 1.29 is 0 Å². The van der Waals surface area contributed by atoms with Gasteiger partial charge in [0, 0.05) is 11.6 Å². The molecule has 2 aromatic heterocycles. The highest BCUT2D eigenvalue weighted by atomic mass is 127. The highest BCUT2D eigenvalue weighted by molar-refractivity contribution is 14.1. The summed E-state index contributed by atoms with van der Waals surface area (Å²) >= 11 is 2.24. The second-order valence-corrected chi connectivity index (χ2v) is 3.22. The Kier molecular flexibility index (Phi) is 1.37. The first-order chi connectivity index (χ1) is 4.86. The predicted octanol–water partition coefficient (Wildman–Crippen LogP) is 2.17. The molecule has 0 bridgehead atoms. The van der Waals surface area contributed by atoms with Crippen LogP contribution in [0.4, 0.5) is 0 Å².